The molecule has 0 spiro atoms. The molecular weight excluding hydrogens is 322 g/mol. The van der Waals surface area contributed by atoms with E-state index in [1.165, 1.54) is 28.7 Å². The number of piperidine rings is 1. The largest absolute Gasteiger partial charge is 0.316 e. The zero-order chi connectivity index (χ0) is 14.8. The average Bonchev–Trinajstić information content (AvgIpc) is 2.51. The molecule has 0 amide bonds. The van der Waals surface area contributed by atoms with Gasteiger partial charge in [-0.3, -0.25) is 0 Å². The summed E-state index contributed by atoms with van der Waals surface area (Å²) in [6.45, 7) is 6.62. The molecule has 0 radical (unpaired) electrons. The molecule has 1 N–H and O–H groups in total. The summed E-state index contributed by atoms with van der Waals surface area (Å²) in [6.07, 6.45) is 1.21. The van der Waals surface area contributed by atoms with Gasteiger partial charge in [0.2, 0.25) is 0 Å². The predicted octanol–water partition coefficient (Wildman–Crippen LogP) is 4.93. The quantitative estimate of drug-likeness (QED) is 0.815. The van der Waals surface area contributed by atoms with E-state index >= 15 is 0 Å². The first-order valence-corrected chi connectivity index (χ1v) is 8.48. The molecule has 0 bridgehead atoms. The van der Waals surface area contributed by atoms with Gasteiger partial charge in [0.15, 0.2) is 0 Å². The molecule has 21 heavy (non-hydrogen) atoms. The highest BCUT2D eigenvalue weighted by molar-refractivity contribution is 9.10. The number of benzene rings is 2. The van der Waals surface area contributed by atoms with E-state index in [0.29, 0.717) is 11.8 Å². The van der Waals surface area contributed by atoms with Crippen molar-refractivity contribution < 1.29 is 0 Å². The van der Waals surface area contributed by atoms with Crippen LogP contribution in [0.4, 0.5) is 0 Å². The third-order valence-corrected chi connectivity index (χ3v) is 5.14. The molecule has 2 heteroatoms. The highest BCUT2D eigenvalue weighted by Crippen LogP contribution is 2.39. The maximum absolute atomic E-state index is 3.57. The lowest BCUT2D eigenvalue weighted by molar-refractivity contribution is 0.403. The Balaban J connectivity index is 1.98. The van der Waals surface area contributed by atoms with Crippen LogP contribution in [0, 0.1) is 13.8 Å². The van der Waals surface area contributed by atoms with Gasteiger partial charge in [-0.25, -0.2) is 0 Å². The van der Waals surface area contributed by atoms with Crippen molar-refractivity contribution in [2.24, 2.45) is 0 Å². The van der Waals surface area contributed by atoms with Crippen LogP contribution in [-0.2, 0) is 0 Å². The predicted molar refractivity (Wildman–Crippen MR) is 93.0 cm³/mol. The Morgan fingerprint density at radius 3 is 2.52 bits per heavy atom. The maximum Gasteiger partial charge on any atom is 0.0175 e. The Hall–Kier alpha value is -1.12. The van der Waals surface area contributed by atoms with E-state index in [4.69, 9.17) is 0 Å². The Bertz CT molecular complexity index is 618. The standard InChI is InChI=1S/C19H22BrN/c1-13-3-4-14(2)18(11-13)17-9-10-21-12-19(17)15-5-7-16(20)8-6-15/h3-8,11,17,19,21H,9-10,12H2,1-2H3. The molecule has 0 aliphatic carbocycles. The van der Waals surface area contributed by atoms with Gasteiger partial charge in [-0.1, -0.05) is 51.8 Å². The molecule has 0 saturated carbocycles. The van der Waals surface area contributed by atoms with Crippen LogP contribution in [0.2, 0.25) is 0 Å². The van der Waals surface area contributed by atoms with E-state index in [1.54, 1.807) is 0 Å². The molecule has 2 unspecified atom stereocenters. The lowest BCUT2D eigenvalue weighted by Crippen LogP contribution is -2.34. The average molecular weight is 344 g/mol. The van der Waals surface area contributed by atoms with Gasteiger partial charge >= 0.3 is 0 Å². The molecule has 3 rings (SSSR count). The van der Waals surface area contributed by atoms with Gasteiger partial charge < -0.3 is 5.32 Å². The van der Waals surface area contributed by atoms with Crippen LogP contribution < -0.4 is 5.32 Å². The van der Waals surface area contributed by atoms with Gasteiger partial charge in [-0.2, -0.15) is 0 Å². The van der Waals surface area contributed by atoms with E-state index < -0.39 is 0 Å². The monoisotopic (exact) mass is 343 g/mol. The molecule has 1 fully saturated rings. The minimum atomic E-state index is 0.562. The van der Waals surface area contributed by atoms with Gasteiger partial charge in [0.25, 0.3) is 0 Å². The van der Waals surface area contributed by atoms with Crippen LogP contribution in [0.25, 0.3) is 0 Å². The number of hydrogen-bond acceptors (Lipinski definition) is 1. The molecular formula is C19H22BrN. The van der Waals surface area contributed by atoms with E-state index in [0.717, 1.165) is 17.6 Å². The summed E-state index contributed by atoms with van der Waals surface area (Å²) in [5, 5.41) is 3.57. The number of aryl methyl sites for hydroxylation is 2. The lowest BCUT2D eigenvalue weighted by atomic mass is 9.76. The topological polar surface area (TPSA) is 12.0 Å². The van der Waals surface area contributed by atoms with Crippen molar-refractivity contribution in [3.8, 4) is 0 Å². The van der Waals surface area contributed by atoms with Crippen LogP contribution in [-0.4, -0.2) is 13.1 Å². The zero-order valence-electron chi connectivity index (χ0n) is 12.7. The zero-order valence-corrected chi connectivity index (χ0v) is 14.3. The van der Waals surface area contributed by atoms with Gasteiger partial charge in [0.1, 0.15) is 0 Å². The maximum atomic E-state index is 3.57. The summed E-state index contributed by atoms with van der Waals surface area (Å²) >= 11 is 3.54. The molecule has 2 aromatic carbocycles. The third kappa shape index (κ3) is 3.22. The van der Waals surface area contributed by atoms with Crippen molar-refractivity contribution in [1.29, 1.82) is 0 Å². The van der Waals surface area contributed by atoms with Crippen LogP contribution in [0.1, 0.15) is 40.5 Å². The Morgan fingerprint density at radius 1 is 1.00 bits per heavy atom. The Morgan fingerprint density at radius 2 is 1.76 bits per heavy atom. The van der Waals surface area contributed by atoms with Gasteiger partial charge in [0.05, 0.1) is 0 Å². The summed E-state index contributed by atoms with van der Waals surface area (Å²) in [5.74, 6) is 1.18. The van der Waals surface area contributed by atoms with E-state index in [-0.39, 0.29) is 0 Å². The van der Waals surface area contributed by atoms with E-state index in [9.17, 15) is 0 Å². The summed E-state index contributed by atoms with van der Waals surface area (Å²) in [5.41, 5.74) is 5.76. The second kappa shape index (κ2) is 6.33. The third-order valence-electron chi connectivity index (χ3n) is 4.61. The number of nitrogens with one attached hydrogen (secondary N) is 1. The lowest BCUT2D eigenvalue weighted by Gasteiger charge is -2.34. The summed E-state index contributed by atoms with van der Waals surface area (Å²) in [6, 6.07) is 15.7. The first-order valence-electron chi connectivity index (χ1n) is 7.68. The minimum Gasteiger partial charge on any atom is -0.316 e. The van der Waals surface area contributed by atoms with Crippen molar-refractivity contribution in [2.45, 2.75) is 32.1 Å². The van der Waals surface area contributed by atoms with E-state index in [1.807, 2.05) is 0 Å². The molecule has 1 saturated heterocycles. The first-order chi connectivity index (χ1) is 10.1. The molecule has 2 atom stereocenters. The Labute approximate surface area is 135 Å². The highest BCUT2D eigenvalue weighted by atomic mass is 79.9. The van der Waals surface area contributed by atoms with Crippen molar-refractivity contribution in [3.05, 3.63) is 69.2 Å². The minimum absolute atomic E-state index is 0.562. The second-order valence-electron chi connectivity index (χ2n) is 6.12. The fraction of sp³-hybridized carbons (Fsp3) is 0.368. The Kier molecular flexibility index (Phi) is 4.46. The molecule has 1 nitrogen and oxygen atoms in total. The van der Waals surface area contributed by atoms with Crippen molar-refractivity contribution >= 4 is 15.9 Å². The highest BCUT2D eigenvalue weighted by Gasteiger charge is 2.28. The SMILES string of the molecule is Cc1ccc(C)c(C2CCNCC2c2ccc(Br)cc2)c1. The van der Waals surface area contributed by atoms with Gasteiger partial charge in [-0.15, -0.1) is 0 Å². The van der Waals surface area contributed by atoms with Crippen LogP contribution >= 0.6 is 15.9 Å². The van der Waals surface area contributed by atoms with Crippen LogP contribution in [0.5, 0.6) is 0 Å². The van der Waals surface area contributed by atoms with Crippen molar-refractivity contribution in [3.63, 3.8) is 0 Å². The number of rotatable bonds is 2. The van der Waals surface area contributed by atoms with Crippen LogP contribution in [0.3, 0.4) is 0 Å². The summed E-state index contributed by atoms with van der Waals surface area (Å²) < 4.78 is 1.15. The van der Waals surface area contributed by atoms with Gasteiger partial charge in [-0.05, 0) is 61.6 Å². The smallest absolute Gasteiger partial charge is 0.0175 e. The van der Waals surface area contributed by atoms with Crippen molar-refractivity contribution in [2.75, 3.05) is 13.1 Å². The first kappa shape index (κ1) is 14.8. The fourth-order valence-electron chi connectivity index (χ4n) is 3.45. The fourth-order valence-corrected chi connectivity index (χ4v) is 3.71. The molecule has 1 aliphatic rings. The normalized spacial score (nSPS) is 22.2. The van der Waals surface area contributed by atoms with Gasteiger partial charge in [0, 0.05) is 16.9 Å². The van der Waals surface area contributed by atoms with Crippen molar-refractivity contribution in [1.82, 2.24) is 5.32 Å². The molecule has 2 aromatic rings. The molecule has 0 aromatic heterocycles. The summed E-state index contributed by atoms with van der Waals surface area (Å²) in [7, 11) is 0. The second-order valence-corrected chi connectivity index (χ2v) is 7.03. The number of halogens is 1. The molecule has 1 heterocycles. The molecule has 110 valence electrons. The van der Waals surface area contributed by atoms with E-state index in [2.05, 4.69) is 77.6 Å². The summed E-state index contributed by atoms with van der Waals surface area (Å²) in [4.78, 5) is 0. The number of hydrogen-bond donors (Lipinski definition) is 1. The van der Waals surface area contributed by atoms with Crippen LogP contribution in [0.15, 0.2) is 46.9 Å². The molecule has 1 aliphatic heterocycles.